The lowest BCUT2D eigenvalue weighted by Crippen LogP contribution is -2.38. The topological polar surface area (TPSA) is 275 Å². The van der Waals surface area contributed by atoms with E-state index in [1.807, 2.05) is 101 Å². The molecule has 26 nitrogen and oxygen atoms in total. The van der Waals surface area contributed by atoms with Gasteiger partial charge >= 0.3 is 0 Å². The SMILES string of the molecule is C[C@H](c1ccc(Nc2ccc(-c3cnc4cc(F)ccn34)c3c2C(=O)NC3)nc1)N1CCOCC1.Cc1cc(Nc2cnc(-c3ccnc4c3ccn4C)c3c2C(=O)NC3)nc(N2CC[C@@H]3CNC[C@@H]32)c1.Cc1cc(Nc2cnc(-c3ccnc4c3ccn4C)c3c2C(=O)NC3)nc(N2CC[C@H]3CN(C)C[C@H]32)c1. The highest BCUT2D eigenvalue weighted by Crippen LogP contribution is 2.42. The number of likely N-dealkylation sites (N-methyl/N-ethyl adjacent to an activating group) is 1. The summed E-state index contributed by atoms with van der Waals surface area (Å²) in [7, 11) is 6.15. The zero-order valence-corrected chi connectivity index (χ0v) is 61.0. The number of hydrogen-bond donors (Lipinski definition) is 7. The molecule has 12 aromatic rings. The smallest absolute Gasteiger partial charge is 0.254 e. The number of hydrogen-bond acceptors (Lipinski definition) is 20. The standard InChI is InChI=1S/C28H30N8O.C27H28N8O.C26H25FN6O2/c1-16-10-23(33-24(11-16)36-9-5-17-14-34(2)15-22(17)36)32-21-13-30-26(20-12-31-28(37)25(20)21)18-4-7-29-27-19(18)6-8-35(27)3;1-15-9-22(33-23(10-15)35-8-4-16-11-28-14-21(16)35)32-20-13-30-25(19-12-31-27(36)24(19)20)17-3-6-29-26-18(17)5-7-34(26)2;1-16(32-8-10-35-11-9-32)17-2-5-23(28-13-17)31-21-4-3-19(20-14-30-26(34)25(20)21)22-15-29-24-12-18(27)6-7-33(22)24/h4,6-8,10-11,13,17,22H,5,9,12,14-15H2,1-3H3,(H,31,37)(H,32,33);3,5-7,9-10,13,16,21,28H,4,8,11-12,14H2,1-2H3,(H,31,36)(H,32,33);2-7,12-13,15-16H,8-11,14H2,1H3,(H,28,31)(H,30,34)/t17-,22+;16-,21+;16-/m011/s1. The first-order chi connectivity index (χ1) is 52.6. The Hall–Kier alpha value is -11.8. The van der Waals surface area contributed by atoms with Gasteiger partial charge in [0, 0.05) is 186 Å². The van der Waals surface area contributed by atoms with Crippen LogP contribution < -0.4 is 47.0 Å². The second kappa shape index (κ2) is 27.8. The molecule has 0 aliphatic carbocycles. The van der Waals surface area contributed by atoms with Crippen molar-refractivity contribution in [3.05, 3.63) is 197 Å². The van der Waals surface area contributed by atoms with E-state index in [4.69, 9.17) is 24.7 Å². The molecular weight excluding hydrogens is 1360 g/mol. The van der Waals surface area contributed by atoms with Crippen LogP contribution in [0.2, 0.25) is 0 Å². The van der Waals surface area contributed by atoms with Crippen molar-refractivity contribution in [2.24, 2.45) is 25.9 Å². The summed E-state index contributed by atoms with van der Waals surface area (Å²) >= 11 is 0. The number of fused-ring (bicyclic) bond motifs is 8. The summed E-state index contributed by atoms with van der Waals surface area (Å²) in [5.41, 5.74) is 17.5. The number of nitrogens with one attached hydrogen (secondary N) is 7. The summed E-state index contributed by atoms with van der Waals surface area (Å²) < 4.78 is 24.9. The van der Waals surface area contributed by atoms with Crippen LogP contribution in [0.4, 0.5) is 50.5 Å². The van der Waals surface area contributed by atoms with E-state index in [0.29, 0.717) is 88.8 Å². The zero-order valence-electron chi connectivity index (χ0n) is 61.0. The maximum atomic E-state index is 13.6. The summed E-state index contributed by atoms with van der Waals surface area (Å²) in [4.78, 5) is 86.0. The van der Waals surface area contributed by atoms with Crippen molar-refractivity contribution < 1.29 is 23.5 Å². The molecule has 3 amide bonds. The number of carbonyl (C=O) groups is 3. The third-order valence-corrected chi connectivity index (χ3v) is 22.8. The van der Waals surface area contributed by atoms with Crippen LogP contribution in [-0.4, -0.2) is 166 Å². The first-order valence-electron chi connectivity index (χ1n) is 37.1. The Labute approximate surface area is 622 Å². The molecule has 7 N–H and O–H groups in total. The van der Waals surface area contributed by atoms with Gasteiger partial charge in [0.25, 0.3) is 17.7 Å². The lowest BCUT2D eigenvalue weighted by atomic mass is 9.99. The normalized spacial score (nSPS) is 19.5. The van der Waals surface area contributed by atoms with Gasteiger partial charge in [-0.25, -0.2) is 34.3 Å². The van der Waals surface area contributed by atoms with Gasteiger partial charge in [-0.05, 0) is 141 Å². The molecule has 548 valence electrons. The van der Waals surface area contributed by atoms with Crippen molar-refractivity contribution in [1.29, 1.82) is 0 Å². The number of pyridine rings is 8. The fourth-order valence-electron chi connectivity index (χ4n) is 17.4. The number of benzene rings is 1. The van der Waals surface area contributed by atoms with Gasteiger partial charge in [-0.3, -0.25) is 33.7 Å². The van der Waals surface area contributed by atoms with Gasteiger partial charge in [-0.1, -0.05) is 12.1 Å². The van der Waals surface area contributed by atoms with E-state index in [1.165, 1.54) is 25.0 Å². The van der Waals surface area contributed by atoms with Crippen LogP contribution in [0, 0.1) is 31.5 Å². The maximum absolute atomic E-state index is 13.6. The number of ether oxygens (including phenoxy) is 1. The van der Waals surface area contributed by atoms with E-state index < -0.39 is 0 Å². The van der Waals surface area contributed by atoms with Crippen LogP contribution in [-0.2, 0) is 38.5 Å². The number of nitrogens with zero attached hydrogens (tertiary/aromatic N) is 15. The fourth-order valence-corrected chi connectivity index (χ4v) is 17.4. The number of halogens is 1. The van der Waals surface area contributed by atoms with Gasteiger partial charge < -0.3 is 65.8 Å². The minimum Gasteiger partial charge on any atom is -0.379 e. The van der Waals surface area contributed by atoms with Gasteiger partial charge in [0.2, 0.25) is 0 Å². The summed E-state index contributed by atoms with van der Waals surface area (Å²) in [6, 6.07) is 28.3. The van der Waals surface area contributed by atoms with Crippen molar-refractivity contribution in [2.75, 3.05) is 98.4 Å². The predicted octanol–water partition coefficient (Wildman–Crippen LogP) is 10.5. The highest BCUT2D eigenvalue weighted by Gasteiger charge is 2.42. The quantitative estimate of drug-likeness (QED) is 0.0565. The lowest BCUT2D eigenvalue weighted by Gasteiger charge is -2.32. The van der Waals surface area contributed by atoms with E-state index in [-0.39, 0.29) is 29.6 Å². The van der Waals surface area contributed by atoms with Crippen molar-refractivity contribution in [2.45, 2.75) is 71.4 Å². The Kier molecular flexibility index (Phi) is 17.5. The third kappa shape index (κ3) is 12.5. The van der Waals surface area contributed by atoms with Crippen LogP contribution in [0.3, 0.4) is 0 Å². The van der Waals surface area contributed by atoms with Crippen LogP contribution in [0.15, 0.2) is 141 Å². The van der Waals surface area contributed by atoms with Crippen LogP contribution in [0.5, 0.6) is 0 Å². The van der Waals surface area contributed by atoms with Crippen LogP contribution >= 0.6 is 0 Å². The summed E-state index contributed by atoms with van der Waals surface area (Å²) in [6.45, 7) is 17.4. The first kappa shape index (κ1) is 68.1. The molecule has 0 spiro atoms. The minimum atomic E-state index is -0.339. The number of imidazole rings is 1. The Morgan fingerprint density at radius 1 is 0.537 bits per heavy atom. The van der Waals surface area contributed by atoms with Crippen LogP contribution in [0.25, 0.3) is 61.5 Å². The largest absolute Gasteiger partial charge is 0.379 e. The molecule has 11 aromatic heterocycles. The Morgan fingerprint density at radius 2 is 1.12 bits per heavy atom. The van der Waals surface area contributed by atoms with Gasteiger partial charge in [-0.2, -0.15) is 0 Å². The number of morpholine rings is 1. The number of likely N-dealkylation sites (tertiary alicyclic amines) is 1. The van der Waals surface area contributed by atoms with Crippen molar-refractivity contribution in [3.8, 4) is 33.8 Å². The number of amides is 3. The Balaban J connectivity index is 0.000000114. The molecule has 5 fully saturated rings. The Morgan fingerprint density at radius 3 is 1.73 bits per heavy atom. The molecule has 1 aromatic carbocycles. The molecule has 19 heterocycles. The molecule has 27 heteroatoms. The molecule has 0 bridgehead atoms. The molecule has 20 rings (SSSR count). The van der Waals surface area contributed by atoms with Crippen molar-refractivity contribution in [3.63, 3.8) is 0 Å². The molecule has 5 saturated heterocycles. The average Bonchev–Trinajstić information content (AvgIpc) is 1.59. The number of aryl methyl sites for hydroxylation is 4. The first-order valence-corrected chi connectivity index (χ1v) is 37.1. The minimum absolute atomic E-state index is 0.0937. The second-order valence-corrected chi connectivity index (χ2v) is 29.5. The molecular formula is C81H83FN22O4. The van der Waals surface area contributed by atoms with E-state index in [9.17, 15) is 18.8 Å². The average molecular weight is 1450 g/mol. The monoisotopic (exact) mass is 1450 g/mol. The maximum Gasteiger partial charge on any atom is 0.254 e. The molecule has 0 saturated carbocycles. The van der Waals surface area contributed by atoms with Crippen molar-refractivity contribution in [1.82, 2.24) is 84.5 Å². The summed E-state index contributed by atoms with van der Waals surface area (Å²) in [5.74, 6) is 4.85. The fraction of sp³-hybridized carbons (Fsp3) is 0.321. The van der Waals surface area contributed by atoms with Crippen LogP contribution in [0.1, 0.15) is 90.3 Å². The Bertz CT molecular complexity index is 5580. The van der Waals surface area contributed by atoms with E-state index >= 15 is 0 Å². The number of rotatable bonds is 13. The van der Waals surface area contributed by atoms with Gasteiger partial charge in [0.1, 0.15) is 51.8 Å². The molecule has 108 heavy (non-hydrogen) atoms. The number of anilines is 8. The molecule has 5 atom stereocenters. The second-order valence-electron chi connectivity index (χ2n) is 29.5. The lowest BCUT2D eigenvalue weighted by molar-refractivity contribution is 0.0198. The van der Waals surface area contributed by atoms with Gasteiger partial charge in [0.15, 0.2) is 0 Å². The highest BCUT2D eigenvalue weighted by molar-refractivity contribution is 6.09. The van der Waals surface area contributed by atoms with E-state index in [2.05, 4.69) is 123 Å². The zero-order chi connectivity index (χ0) is 73.6. The van der Waals surface area contributed by atoms with E-state index in [0.717, 1.165) is 178 Å². The molecule has 8 aliphatic heterocycles. The van der Waals surface area contributed by atoms with Crippen molar-refractivity contribution >= 4 is 91.6 Å². The summed E-state index contributed by atoms with van der Waals surface area (Å²) in [6.07, 6.45) is 18.7. The van der Waals surface area contributed by atoms with E-state index in [1.54, 1.807) is 37.2 Å². The number of aromatic nitrogens is 11. The predicted molar refractivity (Wildman–Crippen MR) is 414 cm³/mol. The molecule has 0 radical (unpaired) electrons. The van der Waals surface area contributed by atoms with Gasteiger partial charge in [-0.15, -0.1) is 0 Å². The highest BCUT2D eigenvalue weighted by atomic mass is 19.1. The van der Waals surface area contributed by atoms with Gasteiger partial charge in [0.05, 0.1) is 82.6 Å². The molecule has 0 unspecified atom stereocenters. The molecule has 8 aliphatic rings. The summed E-state index contributed by atoms with van der Waals surface area (Å²) in [5, 5.41) is 24.7. The third-order valence-electron chi connectivity index (χ3n) is 22.8. The number of carbonyl (C=O) groups excluding carboxylic acids is 3.